The maximum absolute atomic E-state index is 9.67. The summed E-state index contributed by atoms with van der Waals surface area (Å²) in [5.74, 6) is 1.30. The van der Waals surface area contributed by atoms with Gasteiger partial charge in [0, 0.05) is 30.5 Å². The minimum atomic E-state index is -0.199. The van der Waals surface area contributed by atoms with Gasteiger partial charge in [0.05, 0.1) is 25.4 Å². The van der Waals surface area contributed by atoms with Gasteiger partial charge in [0.1, 0.15) is 6.10 Å². The van der Waals surface area contributed by atoms with Gasteiger partial charge in [-0.1, -0.05) is 33.3 Å². The van der Waals surface area contributed by atoms with Crippen LogP contribution in [0, 0.1) is 28.1 Å². The Morgan fingerprint density at radius 3 is 2.56 bits per heavy atom. The lowest BCUT2D eigenvalue weighted by Gasteiger charge is -2.63. The van der Waals surface area contributed by atoms with E-state index in [1.165, 1.54) is 36.8 Å². The minimum absolute atomic E-state index is 0.0498. The van der Waals surface area contributed by atoms with E-state index in [-0.39, 0.29) is 47.4 Å². The van der Waals surface area contributed by atoms with Crippen LogP contribution in [0.2, 0.25) is 0 Å². The van der Waals surface area contributed by atoms with Gasteiger partial charge in [-0.2, -0.15) is 0 Å². The van der Waals surface area contributed by atoms with E-state index in [1.807, 2.05) is 0 Å². The van der Waals surface area contributed by atoms with Crippen LogP contribution in [0.4, 0.5) is 0 Å². The van der Waals surface area contributed by atoms with E-state index in [0.29, 0.717) is 17.9 Å². The topological polar surface area (TPSA) is 51.2 Å². The van der Waals surface area contributed by atoms with Crippen LogP contribution in [0.25, 0.3) is 0 Å². The molecular weight excluding hydrogens is 402 g/mol. The molecule has 3 aliphatic carbocycles. The number of nitrogens with zero attached hydrogens (tertiary/aromatic N) is 1. The van der Waals surface area contributed by atoms with Gasteiger partial charge in [-0.05, 0) is 67.8 Å². The standard InChI is InChI=1S/C27H43NO4/c1-16-6-9-26(4)12-19-18-15-30-20(18)7-10-27(19,5)24-23(22(16)25(26,2)3)31-21(32-24)13-28-11-8-17(28)14-29/h17-21,23-24,29H,6-15H2,1-5H3/t17-,18?,19?,20+,21+,23+,24+,26-,27+/m0/s1. The summed E-state index contributed by atoms with van der Waals surface area (Å²) in [4.78, 5) is 2.34. The van der Waals surface area contributed by atoms with Crippen LogP contribution in [0.1, 0.15) is 73.1 Å². The maximum atomic E-state index is 9.67. The molecule has 3 saturated heterocycles. The molecular formula is C27H43NO4. The van der Waals surface area contributed by atoms with Crippen molar-refractivity contribution in [3.05, 3.63) is 11.1 Å². The molecule has 3 heterocycles. The average molecular weight is 446 g/mol. The molecule has 0 spiro atoms. The summed E-state index contributed by atoms with van der Waals surface area (Å²) >= 11 is 0. The lowest BCUT2D eigenvalue weighted by atomic mass is 9.44. The van der Waals surface area contributed by atoms with E-state index in [2.05, 4.69) is 39.5 Å². The highest BCUT2D eigenvalue weighted by Crippen LogP contribution is 2.66. The second-order valence-electron chi connectivity index (χ2n) is 12.9. The van der Waals surface area contributed by atoms with Crippen molar-refractivity contribution in [1.82, 2.24) is 4.90 Å². The largest absolute Gasteiger partial charge is 0.395 e. The SMILES string of the molecule is CC1=C2[C@H]3O[C@@H](CN4CC[C@H]4CO)O[C@H]3[C@]3(C)CC[C@H]4OCC4C3C[C@](C)(CC1)C2(C)C. The molecule has 5 heteroatoms. The summed E-state index contributed by atoms with van der Waals surface area (Å²) in [6.45, 7) is 15.4. The fraction of sp³-hybridized carbons (Fsp3) is 0.926. The molecule has 5 fully saturated rings. The van der Waals surface area contributed by atoms with Crippen molar-refractivity contribution in [2.45, 2.75) is 104 Å². The Labute approximate surface area is 193 Å². The molecule has 0 aromatic rings. The predicted octanol–water partition coefficient (Wildman–Crippen LogP) is 4.14. The summed E-state index contributed by atoms with van der Waals surface area (Å²) in [6, 6.07) is 0.275. The number of hydrogen-bond acceptors (Lipinski definition) is 5. The number of likely N-dealkylation sites (tertiary alicyclic amines) is 1. The monoisotopic (exact) mass is 445 g/mol. The van der Waals surface area contributed by atoms with Gasteiger partial charge in [-0.15, -0.1) is 0 Å². The molecule has 2 unspecified atom stereocenters. The molecule has 2 bridgehead atoms. The molecule has 9 atom stereocenters. The summed E-state index contributed by atoms with van der Waals surface area (Å²) in [7, 11) is 0. The first-order valence-corrected chi connectivity index (χ1v) is 13.2. The summed E-state index contributed by atoms with van der Waals surface area (Å²) in [5.41, 5.74) is 3.56. The number of hydrogen-bond donors (Lipinski definition) is 1. The number of ether oxygens (including phenoxy) is 3. The van der Waals surface area contributed by atoms with Gasteiger partial charge in [-0.25, -0.2) is 0 Å². The van der Waals surface area contributed by atoms with Crippen molar-refractivity contribution in [3.63, 3.8) is 0 Å². The highest BCUT2D eigenvalue weighted by atomic mass is 16.7. The Morgan fingerprint density at radius 1 is 1.09 bits per heavy atom. The Hall–Kier alpha value is -0.460. The van der Waals surface area contributed by atoms with Gasteiger partial charge in [-0.3, -0.25) is 4.90 Å². The van der Waals surface area contributed by atoms with Crippen LogP contribution in [-0.2, 0) is 14.2 Å². The first kappa shape index (κ1) is 22.0. The van der Waals surface area contributed by atoms with Gasteiger partial charge >= 0.3 is 0 Å². The van der Waals surface area contributed by atoms with E-state index in [1.54, 1.807) is 0 Å². The van der Waals surface area contributed by atoms with E-state index < -0.39 is 0 Å². The third-order valence-corrected chi connectivity index (χ3v) is 11.3. The minimum Gasteiger partial charge on any atom is -0.395 e. The average Bonchev–Trinajstić information content (AvgIpc) is 3.10. The first-order valence-electron chi connectivity index (χ1n) is 13.2. The van der Waals surface area contributed by atoms with Crippen molar-refractivity contribution in [1.29, 1.82) is 0 Å². The number of rotatable bonds is 3. The maximum Gasteiger partial charge on any atom is 0.171 e. The smallest absolute Gasteiger partial charge is 0.171 e. The predicted molar refractivity (Wildman–Crippen MR) is 123 cm³/mol. The van der Waals surface area contributed by atoms with Gasteiger partial charge in [0.15, 0.2) is 6.29 Å². The molecule has 6 rings (SSSR count). The van der Waals surface area contributed by atoms with E-state index in [4.69, 9.17) is 14.2 Å². The van der Waals surface area contributed by atoms with E-state index in [0.717, 1.165) is 32.5 Å². The summed E-state index contributed by atoms with van der Waals surface area (Å²) in [6.07, 6.45) is 7.55. The highest BCUT2D eigenvalue weighted by Gasteiger charge is 2.65. The molecule has 0 aromatic heterocycles. The van der Waals surface area contributed by atoms with Gasteiger partial charge in [0.25, 0.3) is 0 Å². The first-order chi connectivity index (χ1) is 15.2. The quantitative estimate of drug-likeness (QED) is 0.662. The Morgan fingerprint density at radius 2 is 1.91 bits per heavy atom. The zero-order valence-corrected chi connectivity index (χ0v) is 20.7. The van der Waals surface area contributed by atoms with Gasteiger partial charge < -0.3 is 19.3 Å². The van der Waals surface area contributed by atoms with E-state index >= 15 is 0 Å². The molecule has 5 nitrogen and oxygen atoms in total. The third kappa shape index (κ3) is 2.87. The van der Waals surface area contributed by atoms with Crippen LogP contribution in [-0.4, -0.2) is 67.0 Å². The van der Waals surface area contributed by atoms with Crippen molar-refractivity contribution in [3.8, 4) is 0 Å². The van der Waals surface area contributed by atoms with Crippen LogP contribution in [0.15, 0.2) is 11.1 Å². The lowest BCUT2D eigenvalue weighted by molar-refractivity contribution is -0.226. The molecule has 32 heavy (non-hydrogen) atoms. The second-order valence-corrected chi connectivity index (χ2v) is 12.9. The molecule has 0 radical (unpaired) electrons. The zero-order chi connectivity index (χ0) is 22.5. The van der Waals surface area contributed by atoms with Crippen LogP contribution in [0.3, 0.4) is 0 Å². The molecule has 0 aromatic carbocycles. The molecule has 1 N–H and O–H groups in total. The number of allylic oxidation sites excluding steroid dienone is 1. The normalized spacial score (nSPS) is 52.1. The second kappa shape index (κ2) is 7.27. The summed E-state index contributed by atoms with van der Waals surface area (Å²) < 4.78 is 19.8. The third-order valence-electron chi connectivity index (χ3n) is 11.3. The van der Waals surface area contributed by atoms with Crippen LogP contribution in [0.5, 0.6) is 0 Å². The zero-order valence-electron chi connectivity index (χ0n) is 20.7. The van der Waals surface area contributed by atoms with Crippen molar-refractivity contribution < 1.29 is 19.3 Å². The number of aliphatic hydroxyl groups is 1. The molecule has 0 amide bonds. The van der Waals surface area contributed by atoms with Crippen molar-refractivity contribution in [2.24, 2.45) is 28.1 Å². The van der Waals surface area contributed by atoms with Crippen molar-refractivity contribution >= 4 is 0 Å². The highest BCUT2D eigenvalue weighted by molar-refractivity contribution is 5.34. The molecule has 180 valence electrons. The van der Waals surface area contributed by atoms with Crippen LogP contribution < -0.4 is 0 Å². The van der Waals surface area contributed by atoms with Gasteiger partial charge in [0.2, 0.25) is 0 Å². The Balaban J connectivity index is 1.40. The number of aliphatic hydroxyl groups excluding tert-OH is 1. The molecule has 3 aliphatic heterocycles. The fourth-order valence-corrected chi connectivity index (χ4v) is 8.53. The van der Waals surface area contributed by atoms with Crippen LogP contribution >= 0.6 is 0 Å². The molecule has 2 saturated carbocycles. The Kier molecular flexibility index (Phi) is 5.01. The number of fused-ring (bicyclic) bond motifs is 8. The summed E-state index contributed by atoms with van der Waals surface area (Å²) in [5, 5.41) is 9.67. The lowest BCUT2D eigenvalue weighted by Crippen LogP contribution is -2.63. The Bertz CT molecular complexity index is 807. The van der Waals surface area contributed by atoms with Crippen molar-refractivity contribution in [2.75, 3.05) is 26.3 Å². The van der Waals surface area contributed by atoms with E-state index in [9.17, 15) is 5.11 Å². The fourth-order valence-electron chi connectivity index (χ4n) is 8.53. The molecule has 6 aliphatic rings.